The number of rotatable bonds is 7. The van der Waals surface area contributed by atoms with Crippen LogP contribution in [-0.2, 0) is 22.2 Å². The number of Topliss-reactive ketones (excluding diaryl/α,β-unsaturated/α-hetero) is 1. The zero-order chi connectivity index (χ0) is 16.2. The van der Waals surface area contributed by atoms with Crippen LogP contribution >= 0.6 is 11.3 Å². The predicted molar refractivity (Wildman–Crippen MR) is 89.8 cm³/mol. The number of nitrogens with one attached hydrogen (secondary N) is 1. The second-order valence-electron chi connectivity index (χ2n) is 5.21. The van der Waals surface area contributed by atoms with Gasteiger partial charge >= 0.3 is 0 Å². The number of ketones is 1. The van der Waals surface area contributed by atoms with Gasteiger partial charge in [-0.1, -0.05) is 29.8 Å². The maximum Gasteiger partial charge on any atom is 0.215 e. The Kier molecular flexibility index (Phi) is 5.50. The largest absolute Gasteiger partial charge is 0.294 e. The number of carbonyl (C=O) groups excluding carboxylic acids is 1. The molecule has 0 saturated carbocycles. The highest BCUT2D eigenvalue weighted by molar-refractivity contribution is 7.88. The Labute approximate surface area is 135 Å². The van der Waals surface area contributed by atoms with E-state index in [-0.39, 0.29) is 11.5 Å². The number of hydrogen-bond acceptors (Lipinski definition) is 4. The molecular weight excluding hydrogens is 318 g/mol. The lowest BCUT2D eigenvalue weighted by Crippen LogP contribution is -2.27. The van der Waals surface area contributed by atoms with Gasteiger partial charge in [0.15, 0.2) is 5.78 Å². The Morgan fingerprint density at radius 1 is 1.23 bits per heavy atom. The summed E-state index contributed by atoms with van der Waals surface area (Å²) in [6, 6.07) is 11.1. The molecule has 1 N–H and O–H groups in total. The molecule has 0 aliphatic rings. The predicted octanol–water partition coefficient (Wildman–Crippen LogP) is 2.92. The van der Waals surface area contributed by atoms with E-state index in [0.29, 0.717) is 17.8 Å². The standard InChI is InChI=1S/C16H19NO3S2/c1-12-4-3-5-14(10-12)11-22(19,20)17-9-8-15-6-7-16(21-15)13(2)18/h3-7,10,17H,8-9,11H2,1-2H3. The van der Waals surface area contributed by atoms with Crippen LogP contribution in [0.2, 0.25) is 0 Å². The topological polar surface area (TPSA) is 63.2 Å². The molecule has 0 bridgehead atoms. The van der Waals surface area contributed by atoms with Crippen LogP contribution in [0, 0.1) is 6.92 Å². The first-order valence-electron chi connectivity index (χ1n) is 6.98. The van der Waals surface area contributed by atoms with Crippen LogP contribution in [-0.4, -0.2) is 20.7 Å². The third kappa shape index (κ3) is 5.05. The number of carbonyl (C=O) groups is 1. The third-order valence-corrected chi connectivity index (χ3v) is 5.74. The highest BCUT2D eigenvalue weighted by atomic mass is 32.2. The molecule has 0 aliphatic heterocycles. The van der Waals surface area contributed by atoms with Crippen LogP contribution in [0.15, 0.2) is 36.4 Å². The Morgan fingerprint density at radius 3 is 2.64 bits per heavy atom. The van der Waals surface area contributed by atoms with Gasteiger partial charge in [-0.15, -0.1) is 11.3 Å². The van der Waals surface area contributed by atoms with Crippen molar-refractivity contribution in [2.75, 3.05) is 6.54 Å². The molecule has 4 nitrogen and oxygen atoms in total. The van der Waals surface area contributed by atoms with Gasteiger partial charge in [0, 0.05) is 11.4 Å². The first-order valence-corrected chi connectivity index (χ1v) is 9.45. The Hall–Kier alpha value is -1.50. The van der Waals surface area contributed by atoms with Crippen molar-refractivity contribution in [2.24, 2.45) is 0 Å². The fraction of sp³-hybridized carbons (Fsp3) is 0.312. The quantitative estimate of drug-likeness (QED) is 0.790. The van der Waals surface area contributed by atoms with Gasteiger partial charge in [-0.25, -0.2) is 13.1 Å². The van der Waals surface area contributed by atoms with E-state index in [4.69, 9.17) is 0 Å². The van der Waals surface area contributed by atoms with Gasteiger partial charge in [-0.05, 0) is 38.0 Å². The number of hydrogen-bond donors (Lipinski definition) is 1. The highest BCUT2D eigenvalue weighted by Gasteiger charge is 2.11. The summed E-state index contributed by atoms with van der Waals surface area (Å²) in [6.45, 7) is 3.80. The molecule has 2 aromatic rings. The molecule has 2 rings (SSSR count). The Balaban J connectivity index is 1.88. The van der Waals surface area contributed by atoms with Crippen LogP contribution in [0.5, 0.6) is 0 Å². The Bertz CT molecular complexity index is 763. The lowest BCUT2D eigenvalue weighted by molar-refractivity contribution is 0.102. The minimum atomic E-state index is -3.34. The van der Waals surface area contributed by atoms with Crippen molar-refractivity contribution in [3.8, 4) is 0 Å². The number of aryl methyl sites for hydroxylation is 1. The second-order valence-corrected chi connectivity index (χ2v) is 8.19. The fourth-order valence-corrected chi connectivity index (χ4v) is 4.14. The summed E-state index contributed by atoms with van der Waals surface area (Å²) < 4.78 is 26.7. The monoisotopic (exact) mass is 337 g/mol. The van der Waals surface area contributed by atoms with Gasteiger partial charge in [-0.3, -0.25) is 4.79 Å². The van der Waals surface area contributed by atoms with Gasteiger partial charge in [-0.2, -0.15) is 0 Å². The molecule has 6 heteroatoms. The maximum absolute atomic E-state index is 12.1. The molecule has 0 saturated heterocycles. The van der Waals surface area contributed by atoms with E-state index in [1.807, 2.05) is 37.3 Å². The summed E-state index contributed by atoms with van der Waals surface area (Å²) in [5, 5.41) is 0. The second kappa shape index (κ2) is 7.17. The zero-order valence-corrected chi connectivity index (χ0v) is 14.3. The van der Waals surface area contributed by atoms with Crippen molar-refractivity contribution in [1.82, 2.24) is 4.72 Å². The minimum absolute atomic E-state index is 0.0161. The van der Waals surface area contributed by atoms with Crippen LogP contribution in [0.4, 0.5) is 0 Å². The van der Waals surface area contributed by atoms with E-state index < -0.39 is 10.0 Å². The lowest BCUT2D eigenvalue weighted by atomic mass is 10.2. The fourth-order valence-electron chi connectivity index (χ4n) is 2.10. The molecule has 22 heavy (non-hydrogen) atoms. The molecule has 0 aliphatic carbocycles. The summed E-state index contributed by atoms with van der Waals surface area (Å²) >= 11 is 1.41. The van der Waals surface area contributed by atoms with Crippen molar-refractivity contribution in [3.63, 3.8) is 0 Å². The molecule has 1 aromatic carbocycles. The highest BCUT2D eigenvalue weighted by Crippen LogP contribution is 2.17. The third-order valence-electron chi connectivity index (χ3n) is 3.14. The lowest BCUT2D eigenvalue weighted by Gasteiger charge is -2.06. The summed E-state index contributed by atoms with van der Waals surface area (Å²) in [6.07, 6.45) is 0.588. The van der Waals surface area contributed by atoms with Crippen LogP contribution < -0.4 is 4.72 Å². The van der Waals surface area contributed by atoms with Crippen molar-refractivity contribution in [3.05, 3.63) is 57.3 Å². The van der Waals surface area contributed by atoms with E-state index in [1.165, 1.54) is 18.3 Å². The molecule has 0 atom stereocenters. The van der Waals surface area contributed by atoms with Crippen LogP contribution in [0.3, 0.4) is 0 Å². The first-order chi connectivity index (χ1) is 10.4. The van der Waals surface area contributed by atoms with Gasteiger partial charge in [0.2, 0.25) is 10.0 Å². The van der Waals surface area contributed by atoms with E-state index in [9.17, 15) is 13.2 Å². The molecule has 0 spiro atoms. The van der Waals surface area contributed by atoms with Gasteiger partial charge in [0.1, 0.15) is 0 Å². The molecule has 1 heterocycles. The van der Waals surface area contributed by atoms with Crippen molar-refractivity contribution in [1.29, 1.82) is 0 Å². The van der Waals surface area contributed by atoms with Crippen LogP contribution in [0.1, 0.15) is 32.6 Å². The number of benzene rings is 1. The van der Waals surface area contributed by atoms with Gasteiger partial charge < -0.3 is 0 Å². The molecule has 0 fully saturated rings. The van der Waals surface area contributed by atoms with Gasteiger partial charge in [0.05, 0.1) is 10.6 Å². The minimum Gasteiger partial charge on any atom is -0.294 e. The summed E-state index contributed by atoms with van der Waals surface area (Å²) in [4.78, 5) is 12.9. The SMILES string of the molecule is CC(=O)c1ccc(CCNS(=O)(=O)Cc2cccc(C)c2)s1. The van der Waals surface area contributed by atoms with E-state index >= 15 is 0 Å². The first kappa shape index (κ1) is 16.9. The van der Waals surface area contributed by atoms with E-state index in [0.717, 1.165) is 16.0 Å². The average molecular weight is 337 g/mol. The molecule has 1 aromatic heterocycles. The molecule has 118 valence electrons. The average Bonchev–Trinajstić information content (AvgIpc) is 2.87. The Morgan fingerprint density at radius 2 is 2.00 bits per heavy atom. The van der Waals surface area contributed by atoms with E-state index in [2.05, 4.69) is 4.72 Å². The van der Waals surface area contributed by atoms with E-state index in [1.54, 1.807) is 6.07 Å². The summed E-state index contributed by atoms with van der Waals surface area (Å²) in [7, 11) is -3.34. The molecule has 0 radical (unpaired) electrons. The summed E-state index contributed by atoms with van der Waals surface area (Å²) in [5.74, 6) is 0.0222. The van der Waals surface area contributed by atoms with Gasteiger partial charge in [0.25, 0.3) is 0 Å². The van der Waals surface area contributed by atoms with Crippen LogP contribution in [0.25, 0.3) is 0 Å². The molecule has 0 amide bonds. The number of thiophene rings is 1. The van der Waals surface area contributed by atoms with Crippen molar-refractivity contribution in [2.45, 2.75) is 26.0 Å². The van der Waals surface area contributed by atoms with Crippen molar-refractivity contribution >= 4 is 27.1 Å². The smallest absolute Gasteiger partial charge is 0.215 e. The normalized spacial score (nSPS) is 11.5. The summed E-state index contributed by atoms with van der Waals surface area (Å²) in [5.41, 5.74) is 1.82. The maximum atomic E-state index is 12.1. The zero-order valence-electron chi connectivity index (χ0n) is 12.6. The van der Waals surface area contributed by atoms with Crippen molar-refractivity contribution < 1.29 is 13.2 Å². The molecule has 0 unspecified atom stereocenters. The number of sulfonamides is 1. The molecular formula is C16H19NO3S2.